The average Bonchev–Trinajstić information content (AvgIpc) is 3.06. The van der Waals surface area contributed by atoms with Crippen LogP contribution >= 0.6 is 0 Å². The second-order valence-corrected chi connectivity index (χ2v) is 5.94. The molecule has 122 valence electrons. The molecule has 0 saturated heterocycles. The summed E-state index contributed by atoms with van der Waals surface area (Å²) in [4.78, 5) is 11.9. The van der Waals surface area contributed by atoms with Crippen molar-refractivity contribution in [1.82, 2.24) is 19.7 Å². The molecule has 1 aromatic carbocycles. The van der Waals surface area contributed by atoms with Crippen LogP contribution in [0.5, 0.6) is 0 Å². The van der Waals surface area contributed by atoms with Crippen LogP contribution < -0.4 is 11.1 Å². The molecule has 0 saturated carbocycles. The standard InChI is InChI=1S/C17H22N4O2/c1-13-10-19-20(11-13)12-14(2)18-8-5-9-21-15-6-3-4-7-16(15)23-17(21)22/h3-4,6-7,10-11,14,18H,5,8-9,12H2,1-2H3/t14-/m0/s1. The van der Waals surface area contributed by atoms with E-state index in [0.717, 1.165) is 25.0 Å². The van der Waals surface area contributed by atoms with Gasteiger partial charge in [-0.2, -0.15) is 5.10 Å². The predicted molar refractivity (Wildman–Crippen MR) is 89.5 cm³/mol. The highest BCUT2D eigenvalue weighted by Crippen LogP contribution is 2.11. The zero-order chi connectivity index (χ0) is 16.2. The Bertz CT molecular complexity index is 830. The first-order chi connectivity index (χ1) is 11.1. The average molecular weight is 314 g/mol. The highest BCUT2D eigenvalue weighted by Gasteiger charge is 2.08. The molecular weight excluding hydrogens is 292 g/mol. The Morgan fingerprint density at radius 1 is 1.35 bits per heavy atom. The lowest BCUT2D eigenvalue weighted by Crippen LogP contribution is -2.32. The normalized spacial score (nSPS) is 12.8. The largest absolute Gasteiger partial charge is 0.419 e. The van der Waals surface area contributed by atoms with Crippen LogP contribution in [0.2, 0.25) is 0 Å². The van der Waals surface area contributed by atoms with Crippen LogP contribution in [0.15, 0.2) is 45.9 Å². The number of rotatable bonds is 7. The van der Waals surface area contributed by atoms with E-state index in [9.17, 15) is 4.79 Å². The van der Waals surface area contributed by atoms with Gasteiger partial charge in [0.25, 0.3) is 0 Å². The number of oxazole rings is 1. The molecule has 1 atom stereocenters. The second-order valence-electron chi connectivity index (χ2n) is 5.94. The van der Waals surface area contributed by atoms with Crippen molar-refractivity contribution in [3.8, 4) is 0 Å². The van der Waals surface area contributed by atoms with E-state index >= 15 is 0 Å². The van der Waals surface area contributed by atoms with Crippen LogP contribution in [0.1, 0.15) is 18.9 Å². The molecular formula is C17H22N4O2. The first-order valence-electron chi connectivity index (χ1n) is 7.94. The second kappa shape index (κ2) is 6.83. The van der Waals surface area contributed by atoms with E-state index in [1.165, 1.54) is 5.56 Å². The lowest BCUT2D eigenvalue weighted by Gasteiger charge is -2.13. The molecule has 0 radical (unpaired) electrons. The molecule has 0 spiro atoms. The Kier molecular flexibility index (Phi) is 4.62. The minimum absolute atomic E-state index is 0.286. The van der Waals surface area contributed by atoms with Crippen LogP contribution in [-0.2, 0) is 13.1 Å². The Morgan fingerprint density at radius 3 is 2.96 bits per heavy atom. The molecule has 0 unspecified atom stereocenters. The topological polar surface area (TPSA) is 65.0 Å². The van der Waals surface area contributed by atoms with E-state index in [4.69, 9.17) is 4.42 Å². The summed E-state index contributed by atoms with van der Waals surface area (Å²) in [5.74, 6) is -0.286. The van der Waals surface area contributed by atoms with E-state index in [2.05, 4.69) is 17.3 Å². The summed E-state index contributed by atoms with van der Waals surface area (Å²) in [6.07, 6.45) is 4.77. The van der Waals surface area contributed by atoms with Gasteiger partial charge in [-0.15, -0.1) is 0 Å². The minimum Gasteiger partial charge on any atom is -0.408 e. The van der Waals surface area contributed by atoms with E-state index in [0.29, 0.717) is 18.2 Å². The van der Waals surface area contributed by atoms with Crippen molar-refractivity contribution < 1.29 is 4.42 Å². The van der Waals surface area contributed by atoms with Gasteiger partial charge in [0.05, 0.1) is 18.3 Å². The fourth-order valence-electron chi connectivity index (χ4n) is 2.72. The zero-order valence-electron chi connectivity index (χ0n) is 13.5. The number of benzene rings is 1. The molecule has 6 heteroatoms. The number of fused-ring (bicyclic) bond motifs is 1. The van der Waals surface area contributed by atoms with E-state index in [-0.39, 0.29) is 5.76 Å². The monoisotopic (exact) mass is 314 g/mol. The van der Waals surface area contributed by atoms with Gasteiger partial charge in [0.1, 0.15) is 0 Å². The summed E-state index contributed by atoms with van der Waals surface area (Å²) in [7, 11) is 0. The van der Waals surface area contributed by atoms with Gasteiger partial charge in [-0.1, -0.05) is 12.1 Å². The first kappa shape index (κ1) is 15.6. The van der Waals surface area contributed by atoms with Crippen LogP contribution in [-0.4, -0.2) is 26.9 Å². The molecule has 2 heterocycles. The van der Waals surface area contributed by atoms with Crippen molar-refractivity contribution in [2.45, 2.75) is 39.4 Å². The summed E-state index contributed by atoms with van der Waals surface area (Å²) < 4.78 is 8.87. The fourth-order valence-corrected chi connectivity index (χ4v) is 2.72. The van der Waals surface area contributed by atoms with Gasteiger partial charge in [0.15, 0.2) is 5.58 Å². The van der Waals surface area contributed by atoms with E-state index < -0.39 is 0 Å². The van der Waals surface area contributed by atoms with Gasteiger partial charge in [0, 0.05) is 18.8 Å². The van der Waals surface area contributed by atoms with Crippen LogP contribution in [0.25, 0.3) is 11.1 Å². The first-order valence-corrected chi connectivity index (χ1v) is 7.94. The van der Waals surface area contributed by atoms with E-state index in [1.54, 1.807) is 4.57 Å². The summed E-state index contributed by atoms with van der Waals surface area (Å²) in [6.45, 7) is 6.50. The molecule has 3 aromatic rings. The molecule has 2 aromatic heterocycles. The van der Waals surface area contributed by atoms with Crippen molar-refractivity contribution in [3.05, 3.63) is 52.8 Å². The summed E-state index contributed by atoms with van der Waals surface area (Å²) in [5.41, 5.74) is 2.67. The SMILES string of the molecule is Cc1cnn(C[C@H](C)NCCCn2c(=O)oc3ccccc32)c1. The molecule has 0 fully saturated rings. The fraction of sp³-hybridized carbons (Fsp3) is 0.412. The Morgan fingerprint density at radius 2 is 2.17 bits per heavy atom. The molecule has 6 nitrogen and oxygen atoms in total. The van der Waals surface area contributed by atoms with Crippen molar-refractivity contribution in [3.63, 3.8) is 0 Å². The lowest BCUT2D eigenvalue weighted by atomic mass is 10.3. The predicted octanol–water partition coefficient (Wildman–Crippen LogP) is 2.17. The maximum absolute atomic E-state index is 11.9. The number of nitrogens with zero attached hydrogens (tertiary/aromatic N) is 3. The highest BCUT2D eigenvalue weighted by atomic mass is 16.4. The van der Waals surface area contributed by atoms with Gasteiger partial charge in [-0.05, 0) is 44.5 Å². The Balaban J connectivity index is 1.49. The van der Waals surface area contributed by atoms with Crippen molar-refractivity contribution >= 4 is 11.1 Å². The Labute approximate surface area is 134 Å². The van der Waals surface area contributed by atoms with Gasteiger partial charge in [-0.3, -0.25) is 9.25 Å². The van der Waals surface area contributed by atoms with Crippen molar-refractivity contribution in [2.24, 2.45) is 0 Å². The Hall–Kier alpha value is -2.34. The molecule has 0 aliphatic carbocycles. The van der Waals surface area contributed by atoms with Crippen molar-refractivity contribution in [2.75, 3.05) is 6.54 Å². The number of nitrogens with one attached hydrogen (secondary N) is 1. The maximum Gasteiger partial charge on any atom is 0.419 e. The minimum atomic E-state index is -0.286. The molecule has 0 aliphatic rings. The molecule has 0 amide bonds. The smallest absolute Gasteiger partial charge is 0.408 e. The molecule has 3 rings (SSSR count). The summed E-state index contributed by atoms with van der Waals surface area (Å²) in [6, 6.07) is 7.85. The molecule has 1 N–H and O–H groups in total. The third-order valence-electron chi connectivity index (χ3n) is 3.85. The van der Waals surface area contributed by atoms with Gasteiger partial charge < -0.3 is 9.73 Å². The molecule has 23 heavy (non-hydrogen) atoms. The molecule has 0 bridgehead atoms. The van der Waals surface area contributed by atoms with Gasteiger partial charge in [0.2, 0.25) is 0 Å². The summed E-state index contributed by atoms with van der Waals surface area (Å²) >= 11 is 0. The quantitative estimate of drug-likeness (QED) is 0.679. The van der Waals surface area contributed by atoms with Crippen LogP contribution in [0, 0.1) is 6.92 Å². The maximum atomic E-state index is 11.9. The molecule has 0 aliphatic heterocycles. The van der Waals surface area contributed by atoms with Gasteiger partial charge >= 0.3 is 5.76 Å². The number of hydrogen-bond donors (Lipinski definition) is 1. The van der Waals surface area contributed by atoms with Crippen LogP contribution in [0.4, 0.5) is 0 Å². The number of aromatic nitrogens is 3. The van der Waals surface area contributed by atoms with Gasteiger partial charge in [-0.25, -0.2) is 4.79 Å². The number of aryl methyl sites for hydroxylation is 2. The summed E-state index contributed by atoms with van der Waals surface area (Å²) in [5, 5.41) is 7.75. The number of hydrogen-bond acceptors (Lipinski definition) is 4. The lowest BCUT2D eigenvalue weighted by molar-refractivity contribution is 0.434. The van der Waals surface area contributed by atoms with Crippen LogP contribution in [0.3, 0.4) is 0 Å². The third-order valence-corrected chi connectivity index (χ3v) is 3.85. The zero-order valence-corrected chi connectivity index (χ0v) is 13.5. The number of para-hydroxylation sites is 2. The third kappa shape index (κ3) is 3.71. The van der Waals surface area contributed by atoms with Crippen molar-refractivity contribution in [1.29, 1.82) is 0 Å². The van der Waals surface area contributed by atoms with E-state index in [1.807, 2.05) is 48.3 Å². The highest BCUT2D eigenvalue weighted by molar-refractivity contribution is 5.72.